The molecule has 0 aromatic heterocycles. The average molecular weight is 310 g/mol. The second-order valence-electron chi connectivity index (χ2n) is 5.12. The van der Waals surface area contributed by atoms with E-state index >= 15 is 0 Å². The minimum Gasteiger partial charge on any atom is -0.502 e. The molecule has 0 radical (unpaired) electrons. The molecule has 4 nitrogen and oxygen atoms in total. The number of benzene rings is 2. The van der Waals surface area contributed by atoms with Crippen molar-refractivity contribution in [2.24, 2.45) is 0 Å². The Morgan fingerprint density at radius 3 is 2.35 bits per heavy atom. The number of rotatable bonds is 5. The average Bonchev–Trinajstić information content (AvgIpc) is 2.56. The molecule has 4 heteroatoms. The molecule has 0 fully saturated rings. The van der Waals surface area contributed by atoms with Crippen LogP contribution in [-0.4, -0.2) is 16.9 Å². The van der Waals surface area contributed by atoms with Crippen LogP contribution in [0.3, 0.4) is 0 Å². The summed E-state index contributed by atoms with van der Waals surface area (Å²) in [6.45, 7) is 6.81. The number of carbonyl (C=O) groups excluding carboxylic acids is 2. The van der Waals surface area contributed by atoms with Gasteiger partial charge >= 0.3 is 5.97 Å². The molecule has 0 heterocycles. The molecule has 0 aliphatic heterocycles. The molecular formula is C19H18O4. The molecule has 0 aliphatic rings. The van der Waals surface area contributed by atoms with Crippen LogP contribution in [0.1, 0.15) is 34.0 Å². The Hall–Kier alpha value is -2.88. The lowest BCUT2D eigenvalue weighted by atomic mass is 9.94. The molecule has 2 aromatic carbocycles. The first-order valence-corrected chi connectivity index (χ1v) is 7.28. The standard InChI is InChI=1S/C19H18O4/c1-4-15-16(17(21)14-8-6-5-7-9-14)11-10-12(2)18(15)23-19(22)13(3)20/h5-11,20H,3-4H2,1-2H3. The summed E-state index contributed by atoms with van der Waals surface area (Å²) >= 11 is 0. The maximum absolute atomic E-state index is 12.7. The lowest BCUT2D eigenvalue weighted by molar-refractivity contribution is -0.133. The number of aliphatic hydroxyl groups excluding tert-OH is 1. The summed E-state index contributed by atoms with van der Waals surface area (Å²) in [5, 5.41) is 9.16. The summed E-state index contributed by atoms with van der Waals surface area (Å²) in [6.07, 6.45) is 0.510. The van der Waals surface area contributed by atoms with Gasteiger partial charge in [-0.3, -0.25) is 4.79 Å². The smallest absolute Gasteiger partial charge is 0.378 e. The molecule has 0 bridgehead atoms. The third kappa shape index (κ3) is 3.48. The zero-order chi connectivity index (χ0) is 17.0. The summed E-state index contributed by atoms with van der Waals surface area (Å²) in [6, 6.07) is 12.4. The van der Waals surface area contributed by atoms with Crippen molar-refractivity contribution in [2.45, 2.75) is 20.3 Å². The van der Waals surface area contributed by atoms with Crippen LogP contribution in [0.15, 0.2) is 54.8 Å². The van der Waals surface area contributed by atoms with E-state index < -0.39 is 11.7 Å². The zero-order valence-electron chi connectivity index (χ0n) is 13.1. The quantitative estimate of drug-likeness (QED) is 0.300. The minimum atomic E-state index is -0.924. The number of ketones is 1. The van der Waals surface area contributed by atoms with Gasteiger partial charge in [-0.25, -0.2) is 4.79 Å². The van der Waals surface area contributed by atoms with Crippen LogP contribution in [-0.2, 0) is 11.2 Å². The maximum atomic E-state index is 12.7. The third-order valence-corrected chi connectivity index (χ3v) is 3.52. The highest BCUT2D eigenvalue weighted by molar-refractivity contribution is 6.10. The monoisotopic (exact) mass is 310 g/mol. The van der Waals surface area contributed by atoms with E-state index in [2.05, 4.69) is 6.58 Å². The predicted octanol–water partition coefficient (Wildman–Crippen LogP) is 3.77. The van der Waals surface area contributed by atoms with Crippen molar-refractivity contribution in [1.82, 2.24) is 0 Å². The number of ether oxygens (including phenoxy) is 1. The van der Waals surface area contributed by atoms with Crippen molar-refractivity contribution >= 4 is 11.8 Å². The molecule has 0 unspecified atom stereocenters. The van der Waals surface area contributed by atoms with E-state index in [4.69, 9.17) is 9.84 Å². The van der Waals surface area contributed by atoms with E-state index in [1.54, 1.807) is 43.3 Å². The molecule has 0 atom stereocenters. The summed E-state index contributed by atoms with van der Waals surface area (Å²) in [5.41, 5.74) is 2.39. The van der Waals surface area contributed by atoms with E-state index in [0.717, 1.165) is 0 Å². The first-order chi connectivity index (χ1) is 11.0. The molecule has 0 amide bonds. The van der Waals surface area contributed by atoms with Crippen molar-refractivity contribution in [2.75, 3.05) is 0 Å². The molecule has 2 rings (SSSR count). The molecule has 0 aliphatic carbocycles. The van der Waals surface area contributed by atoms with Crippen molar-refractivity contribution < 1.29 is 19.4 Å². The SMILES string of the molecule is C=C(O)C(=O)Oc1c(C)ccc(C(=O)c2ccccc2)c1CC. The number of aliphatic hydroxyl groups is 1. The highest BCUT2D eigenvalue weighted by atomic mass is 16.5. The van der Waals surface area contributed by atoms with Crippen molar-refractivity contribution in [1.29, 1.82) is 0 Å². The number of esters is 1. The van der Waals surface area contributed by atoms with E-state index in [1.807, 2.05) is 13.0 Å². The lowest BCUT2D eigenvalue weighted by Gasteiger charge is -2.15. The summed E-state index contributed by atoms with van der Waals surface area (Å²) in [5.74, 6) is -1.43. The van der Waals surface area contributed by atoms with Gasteiger partial charge in [0.2, 0.25) is 0 Å². The van der Waals surface area contributed by atoms with Crippen molar-refractivity contribution in [3.63, 3.8) is 0 Å². The molecule has 118 valence electrons. The van der Waals surface area contributed by atoms with Crippen molar-refractivity contribution in [3.05, 3.63) is 77.1 Å². The van der Waals surface area contributed by atoms with E-state index in [-0.39, 0.29) is 5.78 Å². The molecular weight excluding hydrogens is 292 g/mol. The molecule has 0 saturated heterocycles. The fourth-order valence-electron chi connectivity index (χ4n) is 2.35. The van der Waals surface area contributed by atoms with Crippen molar-refractivity contribution in [3.8, 4) is 5.75 Å². The van der Waals surface area contributed by atoms with Crippen LogP contribution in [0.5, 0.6) is 5.75 Å². The fourth-order valence-corrected chi connectivity index (χ4v) is 2.35. The second kappa shape index (κ2) is 6.92. The third-order valence-electron chi connectivity index (χ3n) is 3.52. The number of hydrogen-bond acceptors (Lipinski definition) is 4. The zero-order valence-corrected chi connectivity index (χ0v) is 13.1. The first kappa shape index (κ1) is 16.5. The minimum absolute atomic E-state index is 0.137. The highest BCUT2D eigenvalue weighted by Crippen LogP contribution is 2.29. The first-order valence-electron chi connectivity index (χ1n) is 7.28. The summed E-state index contributed by atoms with van der Waals surface area (Å²) < 4.78 is 5.21. The topological polar surface area (TPSA) is 63.6 Å². The number of carbonyl (C=O) groups is 2. The summed E-state index contributed by atoms with van der Waals surface area (Å²) in [7, 11) is 0. The molecule has 0 saturated carbocycles. The van der Waals surface area contributed by atoms with E-state index in [1.165, 1.54) is 0 Å². The Balaban J connectivity index is 2.51. The van der Waals surface area contributed by atoms with Gasteiger partial charge < -0.3 is 9.84 Å². The Morgan fingerprint density at radius 1 is 1.13 bits per heavy atom. The predicted molar refractivity (Wildman–Crippen MR) is 87.8 cm³/mol. The Bertz CT molecular complexity index is 760. The Kier molecular flexibility index (Phi) is 4.96. The van der Waals surface area contributed by atoms with E-state index in [0.29, 0.717) is 34.4 Å². The van der Waals surface area contributed by atoms with Crippen LogP contribution in [0.2, 0.25) is 0 Å². The molecule has 2 aromatic rings. The van der Waals surface area contributed by atoms with Gasteiger partial charge in [0, 0.05) is 16.7 Å². The van der Waals surface area contributed by atoms with Gasteiger partial charge in [-0.2, -0.15) is 0 Å². The number of aryl methyl sites for hydroxylation is 1. The largest absolute Gasteiger partial charge is 0.502 e. The Labute approximate surface area is 135 Å². The molecule has 0 spiro atoms. The molecule has 23 heavy (non-hydrogen) atoms. The Morgan fingerprint density at radius 2 is 1.78 bits per heavy atom. The fraction of sp³-hybridized carbons (Fsp3) is 0.158. The lowest BCUT2D eigenvalue weighted by Crippen LogP contribution is -2.14. The van der Waals surface area contributed by atoms with Gasteiger partial charge in [0.05, 0.1) is 0 Å². The molecule has 1 N–H and O–H groups in total. The van der Waals surface area contributed by atoms with Crippen LogP contribution >= 0.6 is 0 Å². The second-order valence-corrected chi connectivity index (χ2v) is 5.12. The summed E-state index contributed by atoms with van der Waals surface area (Å²) in [4.78, 5) is 24.3. The number of hydrogen-bond donors (Lipinski definition) is 1. The van der Waals surface area contributed by atoms with Crippen LogP contribution in [0, 0.1) is 6.92 Å². The normalized spacial score (nSPS) is 10.2. The van der Waals surface area contributed by atoms with E-state index in [9.17, 15) is 9.59 Å². The van der Waals surface area contributed by atoms with Gasteiger partial charge in [0.25, 0.3) is 0 Å². The van der Waals surface area contributed by atoms with Gasteiger partial charge in [-0.05, 0) is 25.5 Å². The maximum Gasteiger partial charge on any atom is 0.378 e. The van der Waals surface area contributed by atoms with Gasteiger partial charge in [0.1, 0.15) is 5.75 Å². The highest BCUT2D eigenvalue weighted by Gasteiger charge is 2.20. The van der Waals surface area contributed by atoms with Crippen LogP contribution in [0.25, 0.3) is 0 Å². The van der Waals surface area contributed by atoms with Gasteiger partial charge in [-0.1, -0.05) is 49.4 Å². The van der Waals surface area contributed by atoms with Gasteiger partial charge in [-0.15, -0.1) is 0 Å². The van der Waals surface area contributed by atoms with Crippen LogP contribution in [0.4, 0.5) is 0 Å². The van der Waals surface area contributed by atoms with Gasteiger partial charge in [0.15, 0.2) is 11.5 Å². The van der Waals surface area contributed by atoms with Crippen LogP contribution < -0.4 is 4.74 Å².